The molecule has 0 amide bonds. The van der Waals surface area contributed by atoms with Crippen molar-refractivity contribution in [2.75, 3.05) is 12.9 Å². The highest BCUT2D eigenvalue weighted by atomic mass is 32.2. The molecule has 0 aliphatic heterocycles. The molecule has 0 aliphatic carbocycles. The molecule has 0 N–H and O–H groups in total. The minimum absolute atomic E-state index is 0.0458. The third kappa shape index (κ3) is 7.28. The van der Waals surface area contributed by atoms with Crippen LogP contribution in [-0.4, -0.2) is 47.0 Å². The number of fused-ring (bicyclic) bond motifs is 1. The van der Waals surface area contributed by atoms with Crippen molar-refractivity contribution in [1.82, 2.24) is 15.0 Å². The highest BCUT2D eigenvalue weighted by molar-refractivity contribution is 7.93. The number of aromatic nitrogens is 3. The zero-order valence-corrected chi connectivity index (χ0v) is 25.8. The summed E-state index contributed by atoms with van der Waals surface area (Å²) < 4.78 is 65.7. The minimum Gasteiger partial charge on any atom is -0.489 e. The first-order chi connectivity index (χ1) is 22.1. The second kappa shape index (κ2) is 14.0. The molecule has 0 bridgehead atoms. The molecule has 0 aliphatic rings. The predicted molar refractivity (Wildman–Crippen MR) is 168 cm³/mol. The van der Waals surface area contributed by atoms with E-state index < -0.39 is 37.7 Å². The van der Waals surface area contributed by atoms with Crippen LogP contribution >= 0.6 is 0 Å². The second-order valence-electron chi connectivity index (χ2n) is 10.8. The molecule has 5 rings (SSSR count). The van der Waals surface area contributed by atoms with Gasteiger partial charge in [0, 0.05) is 13.0 Å². The Morgan fingerprint density at radius 2 is 1.54 bits per heavy atom. The molecule has 1 aromatic heterocycles. The third-order valence-electron chi connectivity index (χ3n) is 7.77. The number of aryl methyl sites for hydroxylation is 2. The van der Waals surface area contributed by atoms with Gasteiger partial charge in [-0.3, -0.25) is 9.59 Å². The van der Waals surface area contributed by atoms with Gasteiger partial charge in [0.2, 0.25) is 0 Å². The van der Waals surface area contributed by atoms with E-state index in [9.17, 15) is 26.8 Å². The molecule has 0 fully saturated rings. The van der Waals surface area contributed by atoms with E-state index in [0.29, 0.717) is 22.4 Å². The molecule has 0 spiro atoms. The van der Waals surface area contributed by atoms with Crippen molar-refractivity contribution < 1.29 is 31.5 Å². The van der Waals surface area contributed by atoms with Gasteiger partial charge in [0.05, 0.1) is 18.2 Å². The predicted octanol–water partition coefficient (Wildman–Crippen LogP) is 4.85. The van der Waals surface area contributed by atoms with Gasteiger partial charge in [0.25, 0.3) is 5.56 Å². The summed E-state index contributed by atoms with van der Waals surface area (Å²) in [5.74, 6) is -1.92. The standard InChI is InChI=1S/C34H31F2N3O6S/c1-44-33(41)34(22-25-6-4-8-27(35)20-25,17-18-39-32(40)30-10-2-3-11-31(30)37-38-39)46(42,43)19-16-24-12-14-29(15-13-24)45-23-26-7-5-9-28(36)21-26/h2-15,20-21H,16-19,22-23H2,1H3. The number of carbonyl (C=O) groups excluding carboxylic acids is 1. The van der Waals surface area contributed by atoms with Crippen LogP contribution in [0.4, 0.5) is 8.78 Å². The lowest BCUT2D eigenvalue weighted by Gasteiger charge is -2.31. The second-order valence-corrected chi connectivity index (χ2v) is 13.2. The topological polar surface area (TPSA) is 117 Å². The maximum Gasteiger partial charge on any atom is 0.327 e. The number of methoxy groups -OCH3 is 1. The highest BCUT2D eigenvalue weighted by Crippen LogP contribution is 2.31. The Morgan fingerprint density at radius 1 is 0.870 bits per heavy atom. The average molecular weight is 648 g/mol. The number of rotatable bonds is 13. The molecular formula is C34H31F2N3O6S. The summed E-state index contributed by atoms with van der Waals surface area (Å²) in [6.45, 7) is -0.116. The number of hydrogen-bond acceptors (Lipinski definition) is 8. The maximum atomic E-state index is 14.2. The Bertz CT molecular complexity index is 2020. The lowest BCUT2D eigenvalue weighted by Crippen LogP contribution is -2.51. The van der Waals surface area contributed by atoms with Crippen LogP contribution in [0.25, 0.3) is 10.9 Å². The molecule has 0 radical (unpaired) electrons. The van der Waals surface area contributed by atoms with Crippen LogP contribution in [0, 0.1) is 11.6 Å². The number of esters is 1. The molecular weight excluding hydrogens is 616 g/mol. The first-order valence-corrected chi connectivity index (χ1v) is 16.1. The summed E-state index contributed by atoms with van der Waals surface area (Å²) >= 11 is 0. The van der Waals surface area contributed by atoms with Gasteiger partial charge in [0.15, 0.2) is 14.6 Å². The van der Waals surface area contributed by atoms with E-state index in [-0.39, 0.29) is 49.2 Å². The number of benzene rings is 4. The Labute approximate surface area is 264 Å². The van der Waals surface area contributed by atoms with Gasteiger partial charge < -0.3 is 9.47 Å². The number of ether oxygens (including phenoxy) is 2. The number of nitrogens with zero attached hydrogens (tertiary/aromatic N) is 3. The van der Waals surface area contributed by atoms with Crippen LogP contribution in [0.1, 0.15) is 23.1 Å². The van der Waals surface area contributed by atoms with Crippen LogP contribution < -0.4 is 10.3 Å². The van der Waals surface area contributed by atoms with Crippen molar-refractivity contribution >= 4 is 26.7 Å². The SMILES string of the molecule is COC(=O)C(CCn1nnc2ccccc2c1=O)(Cc1cccc(F)c1)S(=O)(=O)CCc1ccc(OCc2cccc(F)c2)cc1. The molecule has 0 saturated heterocycles. The van der Waals surface area contributed by atoms with E-state index in [1.165, 1.54) is 30.3 Å². The fourth-order valence-corrected chi connectivity index (χ4v) is 7.29. The van der Waals surface area contributed by atoms with Gasteiger partial charge in [-0.2, -0.15) is 0 Å². The monoisotopic (exact) mass is 647 g/mol. The molecule has 0 saturated carbocycles. The Hall–Kier alpha value is -4.97. The largest absolute Gasteiger partial charge is 0.489 e. The molecule has 4 aromatic carbocycles. The van der Waals surface area contributed by atoms with Gasteiger partial charge in [-0.25, -0.2) is 21.9 Å². The summed E-state index contributed by atoms with van der Waals surface area (Å²) in [4.78, 5) is 26.6. The number of hydrogen-bond donors (Lipinski definition) is 0. The van der Waals surface area contributed by atoms with Crippen LogP contribution in [-0.2, 0) is 45.4 Å². The van der Waals surface area contributed by atoms with E-state index in [1.807, 2.05) is 0 Å². The summed E-state index contributed by atoms with van der Waals surface area (Å²) in [5, 5.41) is 8.30. The molecule has 12 heteroatoms. The van der Waals surface area contributed by atoms with Gasteiger partial charge in [0.1, 0.15) is 29.5 Å². The van der Waals surface area contributed by atoms with Crippen molar-refractivity contribution in [2.45, 2.75) is 37.2 Å². The van der Waals surface area contributed by atoms with Crippen LogP contribution in [0.3, 0.4) is 0 Å². The van der Waals surface area contributed by atoms with E-state index in [1.54, 1.807) is 60.7 Å². The van der Waals surface area contributed by atoms with Crippen molar-refractivity contribution in [2.24, 2.45) is 0 Å². The molecule has 9 nitrogen and oxygen atoms in total. The van der Waals surface area contributed by atoms with Crippen LogP contribution in [0.2, 0.25) is 0 Å². The fraction of sp³-hybridized carbons (Fsp3) is 0.235. The van der Waals surface area contributed by atoms with E-state index in [2.05, 4.69) is 10.3 Å². The number of halogens is 2. The molecule has 1 heterocycles. The van der Waals surface area contributed by atoms with E-state index in [4.69, 9.17) is 9.47 Å². The number of sulfone groups is 1. The molecule has 1 unspecified atom stereocenters. The molecule has 238 valence electrons. The Kier molecular flexibility index (Phi) is 9.86. The summed E-state index contributed by atoms with van der Waals surface area (Å²) in [7, 11) is -3.23. The summed E-state index contributed by atoms with van der Waals surface area (Å²) in [6.07, 6.45) is -0.717. The average Bonchev–Trinajstić information content (AvgIpc) is 3.05. The zero-order valence-electron chi connectivity index (χ0n) is 24.9. The zero-order chi connectivity index (χ0) is 32.7. The van der Waals surface area contributed by atoms with Crippen LogP contribution in [0.15, 0.2) is 102 Å². The van der Waals surface area contributed by atoms with Crippen molar-refractivity contribution in [3.05, 3.63) is 136 Å². The van der Waals surface area contributed by atoms with Gasteiger partial charge >= 0.3 is 5.97 Å². The minimum atomic E-state index is -4.32. The highest BCUT2D eigenvalue weighted by Gasteiger charge is 2.51. The van der Waals surface area contributed by atoms with Gasteiger partial charge in [-0.1, -0.05) is 53.7 Å². The Balaban J connectivity index is 1.40. The fourth-order valence-electron chi connectivity index (χ4n) is 5.27. The first-order valence-electron chi connectivity index (χ1n) is 14.4. The van der Waals surface area contributed by atoms with E-state index in [0.717, 1.165) is 17.9 Å². The normalized spacial score (nSPS) is 12.8. The Morgan fingerprint density at radius 3 is 2.24 bits per heavy atom. The molecule has 46 heavy (non-hydrogen) atoms. The molecule has 5 aromatic rings. The summed E-state index contributed by atoms with van der Waals surface area (Å²) in [5.41, 5.74) is 1.46. The van der Waals surface area contributed by atoms with E-state index >= 15 is 0 Å². The van der Waals surface area contributed by atoms with Crippen LogP contribution in [0.5, 0.6) is 5.75 Å². The van der Waals surface area contributed by atoms with Crippen molar-refractivity contribution in [3.63, 3.8) is 0 Å². The number of carbonyl (C=O) groups is 1. The van der Waals surface area contributed by atoms with Crippen molar-refractivity contribution in [3.8, 4) is 5.75 Å². The lowest BCUT2D eigenvalue weighted by atomic mass is 9.95. The van der Waals surface area contributed by atoms with Gasteiger partial charge in [-0.15, -0.1) is 5.10 Å². The third-order valence-corrected chi connectivity index (χ3v) is 10.2. The van der Waals surface area contributed by atoms with Crippen molar-refractivity contribution in [1.29, 1.82) is 0 Å². The molecule has 1 atom stereocenters. The first kappa shape index (κ1) is 32.4. The summed E-state index contributed by atoms with van der Waals surface area (Å²) in [6, 6.07) is 24.7. The maximum absolute atomic E-state index is 14.2. The quantitative estimate of drug-likeness (QED) is 0.167. The lowest BCUT2D eigenvalue weighted by molar-refractivity contribution is -0.144. The smallest absolute Gasteiger partial charge is 0.327 e. The van der Waals surface area contributed by atoms with Gasteiger partial charge in [-0.05, 0) is 78.1 Å².